The van der Waals surface area contributed by atoms with Gasteiger partial charge in [0.1, 0.15) is 11.9 Å². The highest BCUT2D eigenvalue weighted by Gasteiger charge is 2.34. The number of thioether (sulfide) groups is 1. The van der Waals surface area contributed by atoms with Crippen LogP contribution in [0, 0.1) is 5.82 Å². The average Bonchev–Trinajstić information content (AvgIpc) is 3.18. The fourth-order valence-electron chi connectivity index (χ4n) is 2.37. The predicted molar refractivity (Wildman–Crippen MR) is 85.4 cm³/mol. The van der Waals surface area contributed by atoms with Crippen molar-refractivity contribution in [1.82, 2.24) is 4.90 Å². The molecule has 1 aromatic heterocycles. The molecule has 1 aliphatic rings. The first-order chi connectivity index (χ1) is 11.1. The maximum Gasteiger partial charge on any atom is 0.248 e. The molecule has 0 radical (unpaired) electrons. The summed E-state index contributed by atoms with van der Waals surface area (Å²) in [5.41, 5.74) is 1.16. The van der Waals surface area contributed by atoms with E-state index in [9.17, 15) is 14.0 Å². The summed E-state index contributed by atoms with van der Waals surface area (Å²) < 4.78 is 18.1. The number of benzene rings is 1. The summed E-state index contributed by atoms with van der Waals surface area (Å²) in [4.78, 5) is 26.3. The first kappa shape index (κ1) is 15.6. The Balaban J connectivity index is 1.66. The van der Waals surface area contributed by atoms with Crippen molar-refractivity contribution in [2.24, 2.45) is 0 Å². The van der Waals surface area contributed by atoms with Gasteiger partial charge in [-0.2, -0.15) is 0 Å². The largest absolute Gasteiger partial charge is 0.472 e. The highest BCUT2D eigenvalue weighted by atomic mass is 32.2. The molecule has 120 valence electrons. The topological polar surface area (TPSA) is 62.6 Å². The standard InChI is InChI=1S/C16H15FN2O3S/c17-12-2-1-3-13(7-12)18-16(21)14-9-23-10-19(14)15(20)6-11-4-5-22-8-11/h1-5,7-8,14H,6,9-10H2,(H,18,21)/t14-/m1/s1. The van der Waals surface area contributed by atoms with Gasteiger partial charge in [-0.1, -0.05) is 6.07 Å². The lowest BCUT2D eigenvalue weighted by atomic mass is 10.2. The Morgan fingerprint density at radius 2 is 2.26 bits per heavy atom. The third kappa shape index (κ3) is 3.73. The minimum Gasteiger partial charge on any atom is -0.472 e. The summed E-state index contributed by atoms with van der Waals surface area (Å²) in [7, 11) is 0. The van der Waals surface area contributed by atoms with Gasteiger partial charge >= 0.3 is 0 Å². The molecule has 0 bridgehead atoms. The van der Waals surface area contributed by atoms with E-state index in [4.69, 9.17) is 4.42 Å². The van der Waals surface area contributed by atoms with Crippen molar-refractivity contribution in [3.8, 4) is 0 Å². The molecule has 1 aliphatic heterocycles. The van der Waals surface area contributed by atoms with Crippen LogP contribution in [-0.4, -0.2) is 34.4 Å². The van der Waals surface area contributed by atoms with Gasteiger partial charge in [0.05, 0.1) is 24.8 Å². The SMILES string of the molecule is O=C(Nc1cccc(F)c1)[C@H]1CSCN1C(=O)Cc1ccoc1. The van der Waals surface area contributed by atoms with Crippen molar-refractivity contribution in [2.45, 2.75) is 12.5 Å². The number of carbonyl (C=O) groups excluding carboxylic acids is 2. The van der Waals surface area contributed by atoms with Crippen molar-refractivity contribution in [3.63, 3.8) is 0 Å². The van der Waals surface area contributed by atoms with Crippen molar-refractivity contribution in [1.29, 1.82) is 0 Å². The second-order valence-corrected chi connectivity index (χ2v) is 6.19. The smallest absolute Gasteiger partial charge is 0.248 e. The predicted octanol–water partition coefficient (Wildman–Crippen LogP) is 2.50. The number of carbonyl (C=O) groups is 2. The molecule has 3 rings (SSSR count). The van der Waals surface area contributed by atoms with Crippen LogP contribution in [0.15, 0.2) is 47.3 Å². The van der Waals surface area contributed by atoms with Crippen LogP contribution in [0.1, 0.15) is 5.56 Å². The number of furan rings is 1. The Morgan fingerprint density at radius 1 is 1.39 bits per heavy atom. The number of hydrogen-bond acceptors (Lipinski definition) is 4. The molecule has 1 aromatic carbocycles. The second-order valence-electron chi connectivity index (χ2n) is 5.19. The number of nitrogens with zero attached hydrogens (tertiary/aromatic N) is 1. The first-order valence-electron chi connectivity index (χ1n) is 7.08. The highest BCUT2D eigenvalue weighted by Crippen LogP contribution is 2.23. The summed E-state index contributed by atoms with van der Waals surface area (Å²) in [5.74, 6) is 0.143. The normalized spacial score (nSPS) is 17.3. The number of rotatable bonds is 4. The van der Waals surface area contributed by atoms with Crippen molar-refractivity contribution >= 4 is 29.3 Å². The molecule has 23 heavy (non-hydrogen) atoms. The summed E-state index contributed by atoms with van der Waals surface area (Å²) in [6, 6.07) is 6.86. The maximum atomic E-state index is 13.2. The number of halogens is 1. The zero-order valence-electron chi connectivity index (χ0n) is 12.2. The lowest BCUT2D eigenvalue weighted by Gasteiger charge is -2.23. The van der Waals surface area contributed by atoms with Gasteiger partial charge in [0, 0.05) is 11.4 Å². The minimum atomic E-state index is -0.553. The maximum absolute atomic E-state index is 13.2. The Morgan fingerprint density at radius 3 is 3.00 bits per heavy atom. The lowest BCUT2D eigenvalue weighted by Crippen LogP contribution is -2.45. The molecule has 2 amide bonds. The van der Waals surface area contributed by atoms with Gasteiger partial charge in [0.15, 0.2) is 0 Å². The molecule has 2 aromatic rings. The Bertz CT molecular complexity index is 705. The number of nitrogens with one attached hydrogen (secondary N) is 1. The number of amides is 2. The van der Waals surface area contributed by atoms with Crippen LogP contribution in [0.2, 0.25) is 0 Å². The summed E-state index contributed by atoms with van der Waals surface area (Å²) in [5, 5.41) is 2.66. The van der Waals surface area contributed by atoms with E-state index in [1.54, 1.807) is 17.0 Å². The summed E-state index contributed by atoms with van der Waals surface area (Å²) in [6.07, 6.45) is 3.22. The lowest BCUT2D eigenvalue weighted by molar-refractivity contribution is -0.135. The van der Waals surface area contributed by atoms with E-state index in [0.717, 1.165) is 5.56 Å². The fourth-order valence-corrected chi connectivity index (χ4v) is 3.55. The molecular weight excluding hydrogens is 319 g/mol. The molecule has 2 heterocycles. The van der Waals surface area contributed by atoms with Crippen LogP contribution < -0.4 is 5.32 Å². The van der Waals surface area contributed by atoms with Gasteiger partial charge in [0.25, 0.3) is 0 Å². The molecule has 7 heteroatoms. The number of hydrogen-bond donors (Lipinski definition) is 1. The van der Waals surface area contributed by atoms with Crippen molar-refractivity contribution in [2.75, 3.05) is 16.9 Å². The highest BCUT2D eigenvalue weighted by molar-refractivity contribution is 7.99. The number of anilines is 1. The van der Waals surface area contributed by atoms with Gasteiger partial charge in [-0.15, -0.1) is 11.8 Å². The average molecular weight is 334 g/mol. The molecule has 1 fully saturated rings. The van der Waals surface area contributed by atoms with Gasteiger partial charge in [0.2, 0.25) is 11.8 Å². The Labute approximate surface area is 136 Å². The zero-order chi connectivity index (χ0) is 16.2. The molecule has 0 unspecified atom stereocenters. The van der Waals surface area contributed by atoms with E-state index >= 15 is 0 Å². The van der Waals surface area contributed by atoms with E-state index in [1.165, 1.54) is 42.5 Å². The van der Waals surface area contributed by atoms with Crippen LogP contribution >= 0.6 is 11.8 Å². The summed E-state index contributed by atoms with van der Waals surface area (Å²) in [6.45, 7) is 0. The second kappa shape index (κ2) is 6.87. The van der Waals surface area contributed by atoms with Crippen molar-refractivity contribution < 1.29 is 18.4 Å². The Kier molecular flexibility index (Phi) is 4.66. The molecule has 0 spiro atoms. The minimum absolute atomic E-state index is 0.129. The van der Waals surface area contributed by atoms with E-state index in [1.807, 2.05) is 0 Å². The third-order valence-corrected chi connectivity index (χ3v) is 4.55. The van der Waals surface area contributed by atoms with Crippen LogP contribution in [0.3, 0.4) is 0 Å². The van der Waals surface area contributed by atoms with Gasteiger partial charge in [-0.05, 0) is 29.8 Å². The molecule has 1 N–H and O–H groups in total. The van der Waals surface area contributed by atoms with Crippen molar-refractivity contribution in [3.05, 3.63) is 54.2 Å². The third-order valence-electron chi connectivity index (χ3n) is 3.53. The molecule has 0 saturated carbocycles. The first-order valence-corrected chi connectivity index (χ1v) is 8.23. The zero-order valence-corrected chi connectivity index (χ0v) is 13.0. The monoisotopic (exact) mass is 334 g/mol. The van der Waals surface area contributed by atoms with E-state index in [-0.39, 0.29) is 18.2 Å². The molecular formula is C16H15FN2O3S. The van der Waals surface area contributed by atoms with Crippen LogP contribution in [0.25, 0.3) is 0 Å². The van der Waals surface area contributed by atoms with E-state index in [0.29, 0.717) is 17.3 Å². The van der Waals surface area contributed by atoms with Gasteiger partial charge < -0.3 is 14.6 Å². The van der Waals surface area contributed by atoms with Crippen LogP contribution in [-0.2, 0) is 16.0 Å². The van der Waals surface area contributed by atoms with Gasteiger partial charge in [-0.25, -0.2) is 4.39 Å². The fraction of sp³-hybridized carbons (Fsp3) is 0.250. The summed E-state index contributed by atoms with van der Waals surface area (Å²) >= 11 is 1.52. The Hall–Kier alpha value is -2.28. The molecule has 1 atom stereocenters. The van der Waals surface area contributed by atoms with E-state index in [2.05, 4.69) is 5.32 Å². The molecule has 1 saturated heterocycles. The quantitative estimate of drug-likeness (QED) is 0.933. The molecule has 0 aliphatic carbocycles. The van der Waals surface area contributed by atoms with Gasteiger partial charge in [-0.3, -0.25) is 9.59 Å². The molecule has 5 nitrogen and oxygen atoms in total. The van der Waals surface area contributed by atoms with Crippen LogP contribution in [0.4, 0.5) is 10.1 Å². The van der Waals surface area contributed by atoms with E-state index < -0.39 is 11.9 Å². The van der Waals surface area contributed by atoms with Crippen LogP contribution in [0.5, 0.6) is 0 Å².